The van der Waals surface area contributed by atoms with Gasteiger partial charge >= 0.3 is 5.97 Å². The number of rotatable bonds is 16. The zero-order valence-electron chi connectivity index (χ0n) is 50.2. The quantitative estimate of drug-likeness (QED) is 0.0436. The van der Waals surface area contributed by atoms with Crippen molar-refractivity contribution in [3.8, 4) is 0 Å². The molecule has 78 heavy (non-hydrogen) atoms. The number of amides is 1. The van der Waals surface area contributed by atoms with Gasteiger partial charge in [-0.3, -0.25) is 9.59 Å². The molecule has 0 aromatic heterocycles. The standard InChI is InChI=1S/C13H18O3.C12H17NO.C12H16O.C10H14O2S.C10H14O.C10H14S/c1-10(2)11-4-6-12(7-5-11)13(14)16-9-8-15-3;1-9(2)10-5-7-11(8-6-10)12(14)13(3)4;1-4-12(13)11-7-5-10(6-8-11)9(2)3;1-8(2)9-4-6-10(7-5-9)13(3,11)12;1-8(2)10-5-3-9(7-11)4-6-10;1-8(2)9-4-6-10(11-3)7-5-9/h4-7,10H,8-9H2,1-3H3;5-9H,1-4H3;5-9H,4H2,1-3H3;4-8H,1-3H3;3-6,8,11H,7H2,1-2H3;4-8H,1-3H3. The second kappa shape index (κ2) is 37.1. The molecule has 0 unspecified atom stereocenters. The van der Waals surface area contributed by atoms with Crippen LogP contribution in [0.3, 0.4) is 0 Å². The van der Waals surface area contributed by atoms with Crippen LogP contribution in [0.15, 0.2) is 155 Å². The van der Waals surface area contributed by atoms with E-state index in [4.69, 9.17) is 14.6 Å². The number of esters is 1. The summed E-state index contributed by atoms with van der Waals surface area (Å²) in [7, 11) is 2.05. The summed E-state index contributed by atoms with van der Waals surface area (Å²) in [6.45, 7) is 28.5. The van der Waals surface area contributed by atoms with Gasteiger partial charge in [0.2, 0.25) is 0 Å². The molecule has 0 spiro atoms. The van der Waals surface area contributed by atoms with Crippen molar-refractivity contribution in [3.05, 3.63) is 201 Å². The van der Waals surface area contributed by atoms with Gasteiger partial charge in [0.1, 0.15) is 6.61 Å². The molecule has 0 saturated carbocycles. The van der Waals surface area contributed by atoms with Crippen LogP contribution >= 0.6 is 11.8 Å². The number of carbonyl (C=O) groups is 3. The lowest BCUT2D eigenvalue weighted by atomic mass is 10.00. The summed E-state index contributed by atoms with van der Waals surface area (Å²) in [6, 6.07) is 47.1. The first-order valence-corrected chi connectivity index (χ1v) is 30.2. The minimum Gasteiger partial charge on any atom is -0.460 e. The van der Waals surface area contributed by atoms with E-state index in [9.17, 15) is 22.8 Å². The van der Waals surface area contributed by atoms with E-state index in [-0.39, 0.29) is 24.3 Å². The Morgan fingerprint density at radius 2 is 0.821 bits per heavy atom. The Morgan fingerprint density at radius 3 is 1.12 bits per heavy atom. The number of ether oxygens (including phenoxy) is 2. The molecule has 0 aliphatic carbocycles. The average molecular weight is 1100 g/mol. The molecule has 0 atom stereocenters. The molecule has 0 radical (unpaired) electrons. The highest BCUT2D eigenvalue weighted by Crippen LogP contribution is 2.21. The van der Waals surface area contributed by atoms with Gasteiger partial charge in [-0.15, -0.1) is 11.8 Å². The number of methoxy groups -OCH3 is 1. The topological polar surface area (TPSA) is 127 Å². The van der Waals surface area contributed by atoms with Crippen molar-refractivity contribution in [2.24, 2.45) is 0 Å². The van der Waals surface area contributed by atoms with Crippen LogP contribution in [0.25, 0.3) is 0 Å². The Kier molecular flexibility index (Phi) is 33.4. The van der Waals surface area contributed by atoms with Gasteiger partial charge in [-0.2, -0.15) is 0 Å². The zero-order valence-corrected chi connectivity index (χ0v) is 51.9. The van der Waals surface area contributed by atoms with Crippen molar-refractivity contribution in [1.82, 2.24) is 4.90 Å². The predicted octanol–water partition coefficient (Wildman–Crippen LogP) is 16.6. The Hall–Kier alpha value is -5.85. The number of sulfone groups is 1. The van der Waals surface area contributed by atoms with Crippen LogP contribution in [-0.2, 0) is 25.9 Å². The number of aliphatic hydroxyl groups excluding tert-OH is 1. The van der Waals surface area contributed by atoms with Gasteiger partial charge in [0, 0.05) is 49.9 Å². The molecule has 0 aliphatic rings. The monoisotopic (exact) mass is 1100 g/mol. The average Bonchev–Trinajstić information content (AvgIpc) is 3.43. The van der Waals surface area contributed by atoms with Crippen LogP contribution in [0.5, 0.6) is 0 Å². The first-order chi connectivity index (χ1) is 36.7. The fourth-order valence-electron chi connectivity index (χ4n) is 6.93. The number of carbonyl (C=O) groups excluding carboxylic acids is 3. The van der Waals surface area contributed by atoms with Crippen LogP contribution in [0, 0.1) is 0 Å². The van der Waals surface area contributed by atoms with Crippen LogP contribution in [0.4, 0.5) is 0 Å². The number of hydrogen-bond donors (Lipinski definition) is 1. The lowest BCUT2D eigenvalue weighted by Gasteiger charge is -2.11. The molecular formula is C67H93NO8S2. The van der Waals surface area contributed by atoms with Crippen LogP contribution < -0.4 is 0 Å². The highest BCUT2D eigenvalue weighted by atomic mass is 32.2. The number of hydrogen-bond acceptors (Lipinski definition) is 9. The SMILES string of the molecule is CC(C)c1ccc(C(=O)N(C)C)cc1.CC(C)c1ccc(CO)cc1.CC(C)c1ccc(S(C)(=O)=O)cc1.CCC(=O)c1ccc(C(C)C)cc1.COCCOC(=O)c1ccc(C(C)C)cc1.CSc1ccc(C(C)C)cc1. The molecule has 9 nitrogen and oxygen atoms in total. The molecule has 6 aromatic rings. The Labute approximate surface area is 475 Å². The smallest absolute Gasteiger partial charge is 0.338 e. The predicted molar refractivity (Wildman–Crippen MR) is 329 cm³/mol. The molecule has 0 fully saturated rings. The third kappa shape index (κ3) is 27.2. The molecule has 0 bridgehead atoms. The van der Waals surface area contributed by atoms with Gasteiger partial charge in [-0.05, 0) is 129 Å². The summed E-state index contributed by atoms with van der Waals surface area (Å²) in [4.78, 5) is 37.7. The first-order valence-electron chi connectivity index (χ1n) is 27.0. The zero-order chi connectivity index (χ0) is 59.1. The second-order valence-corrected chi connectivity index (χ2v) is 23.8. The number of ketones is 1. The van der Waals surface area contributed by atoms with E-state index in [1.807, 2.05) is 91.9 Å². The summed E-state index contributed by atoms with van der Waals surface area (Å²) < 4.78 is 32.0. The van der Waals surface area contributed by atoms with Crippen molar-refractivity contribution in [1.29, 1.82) is 0 Å². The van der Waals surface area contributed by atoms with Crippen molar-refractivity contribution < 1.29 is 37.4 Å². The highest BCUT2D eigenvalue weighted by Gasteiger charge is 2.10. The van der Waals surface area contributed by atoms with Crippen molar-refractivity contribution >= 4 is 39.3 Å². The fourth-order valence-corrected chi connectivity index (χ4v) is 7.97. The van der Waals surface area contributed by atoms with Gasteiger partial charge < -0.3 is 19.5 Å². The molecule has 0 heterocycles. The van der Waals surface area contributed by atoms with Crippen molar-refractivity contribution in [2.45, 2.75) is 148 Å². The van der Waals surface area contributed by atoms with E-state index in [2.05, 4.69) is 126 Å². The number of nitrogens with zero attached hydrogens (tertiary/aromatic N) is 1. The van der Waals surface area contributed by atoms with Crippen molar-refractivity contribution in [3.63, 3.8) is 0 Å². The molecule has 0 saturated heterocycles. The maximum Gasteiger partial charge on any atom is 0.338 e. The fraction of sp³-hybridized carbons (Fsp3) is 0.418. The molecule has 0 aliphatic heterocycles. The lowest BCUT2D eigenvalue weighted by Crippen LogP contribution is -2.21. The Bertz CT molecular complexity index is 2660. The van der Waals surface area contributed by atoms with Gasteiger partial charge in [0.15, 0.2) is 15.6 Å². The first kappa shape index (κ1) is 70.2. The van der Waals surface area contributed by atoms with E-state index >= 15 is 0 Å². The molecule has 6 aromatic carbocycles. The minimum atomic E-state index is -3.05. The lowest BCUT2D eigenvalue weighted by molar-refractivity contribution is 0.0388. The summed E-state index contributed by atoms with van der Waals surface area (Å²) in [5, 5.41) is 8.77. The second-order valence-electron chi connectivity index (χ2n) is 20.9. The van der Waals surface area contributed by atoms with Gasteiger partial charge in [-0.25, -0.2) is 13.2 Å². The molecule has 1 N–H and O–H groups in total. The van der Waals surface area contributed by atoms with Crippen molar-refractivity contribution in [2.75, 3.05) is 46.9 Å². The van der Waals surface area contributed by atoms with Gasteiger partial charge in [-0.1, -0.05) is 187 Å². The molecule has 11 heteroatoms. The van der Waals surface area contributed by atoms with Gasteiger partial charge in [0.25, 0.3) is 5.91 Å². The van der Waals surface area contributed by atoms with Gasteiger partial charge in [0.05, 0.1) is 23.7 Å². The molecule has 1 amide bonds. The maximum atomic E-state index is 11.6. The number of Topliss-reactive ketones (excluding diaryl/α,β-unsaturated/α-hetero) is 1. The van der Waals surface area contributed by atoms with Crippen LogP contribution in [-0.4, -0.2) is 83.0 Å². The number of aliphatic hydroxyl groups is 1. The summed E-state index contributed by atoms with van der Waals surface area (Å²) in [5.41, 5.74) is 10.8. The third-order valence-electron chi connectivity index (χ3n) is 12.4. The number of thioether (sulfide) groups is 1. The van der Waals surface area contributed by atoms with E-state index in [1.165, 1.54) is 39.0 Å². The highest BCUT2D eigenvalue weighted by molar-refractivity contribution is 7.98. The normalized spacial score (nSPS) is 10.7. The Balaban J connectivity index is 0.000000470. The number of benzene rings is 6. The van der Waals surface area contributed by atoms with Crippen LogP contribution in [0.2, 0.25) is 0 Å². The molecule has 6 rings (SSSR count). The largest absolute Gasteiger partial charge is 0.460 e. The van der Waals surface area contributed by atoms with Crippen LogP contribution in [0.1, 0.15) is 202 Å². The summed E-state index contributed by atoms with van der Waals surface area (Å²) in [5.74, 6) is 3.15. The molecule has 426 valence electrons. The summed E-state index contributed by atoms with van der Waals surface area (Å²) >= 11 is 1.79. The van der Waals surface area contributed by atoms with E-state index < -0.39 is 9.84 Å². The van der Waals surface area contributed by atoms with E-state index in [0.717, 1.165) is 22.3 Å². The Morgan fingerprint density at radius 1 is 0.500 bits per heavy atom. The minimum absolute atomic E-state index is 0.0558. The van der Waals surface area contributed by atoms with E-state index in [0.29, 0.717) is 65.6 Å². The summed E-state index contributed by atoms with van der Waals surface area (Å²) in [6.07, 6.45) is 3.91. The van der Waals surface area contributed by atoms with E-state index in [1.54, 1.807) is 62.1 Å². The molecular weight excluding hydrogens is 1010 g/mol. The third-order valence-corrected chi connectivity index (χ3v) is 14.2. The maximum absolute atomic E-state index is 11.6.